The van der Waals surface area contributed by atoms with Crippen molar-refractivity contribution in [2.24, 2.45) is 0 Å². The van der Waals surface area contributed by atoms with E-state index in [2.05, 4.69) is 121 Å². The number of pyridine rings is 6. The van der Waals surface area contributed by atoms with Crippen LogP contribution in [0.15, 0.2) is 164 Å². The molecule has 6 aliphatic carbocycles. The van der Waals surface area contributed by atoms with E-state index in [1.807, 2.05) is 18.2 Å². The molecule has 130 heavy (non-hydrogen) atoms. The minimum absolute atomic E-state index is 0. The zero-order chi connectivity index (χ0) is 85.5. The normalized spacial score (nSPS) is 16.0. The SMILES string of the molecule is C.COc1nc(O[C@H]2CCc3c(-c4cccc5c4CC[C@@H]5Oc4ccc(C=O)c(OC)n4)cccc32)ccc1C=O.COc1nc(O[C@H]2CCc3c(-c4cccc5c4CC[C@@H]5Oc4nc(OC)c(C=O)cc4Cl)cccc32)c(Cl)cc1C=O.COc1nc(O[C@H]2CCc3c(-c4cccc5c4CC[C@@H]5Oc4nc(OC)c(C=O)cc4Cl)cccc32)ccc1C=O.S.S.S.S.S.S. The maximum atomic E-state index is 11.3. The van der Waals surface area contributed by atoms with E-state index in [1.165, 1.54) is 116 Å². The number of hydrogen-bond acceptors (Lipinski definition) is 24. The van der Waals surface area contributed by atoms with Gasteiger partial charge < -0.3 is 56.8 Å². The highest BCUT2D eigenvalue weighted by molar-refractivity contribution is 7.60. The van der Waals surface area contributed by atoms with Gasteiger partial charge in [-0.2, -0.15) is 111 Å². The minimum Gasteiger partial charge on any atom is -0.480 e. The molecule has 0 fully saturated rings. The summed E-state index contributed by atoms with van der Waals surface area (Å²) in [4.78, 5) is 93.8. The van der Waals surface area contributed by atoms with Crippen LogP contribution in [0.4, 0.5) is 0 Å². The zero-order valence-electron chi connectivity index (χ0n) is 70.7. The van der Waals surface area contributed by atoms with Gasteiger partial charge in [-0.15, -0.1) is 0 Å². The van der Waals surface area contributed by atoms with Gasteiger partial charge >= 0.3 is 0 Å². The van der Waals surface area contributed by atoms with Gasteiger partial charge in [0.2, 0.25) is 70.6 Å². The standard InChI is InChI=1S/C32H26Cl2N2O6.C32H27ClN2O6.C32H28N2O6.CH4.6H2S/c1-39-29-17(15-37)13-25(33)31(35-29)41-27-11-9-21-19(5-3-7-23(21)27)20-6-4-8-24-22(20)10-12-28(24)42-32-26(34)14-18(16-38)30(36-32)40-2;1-38-30-18(16-36)9-14-29(34-30)40-27-12-10-22-20(5-3-7-24(22)27)21-6-4-8-25-23(21)11-13-28(25)41-32-26(33)15-19(17-37)31(35-32)39-2;1-37-31-19(17-35)9-15-29(33-31)39-27-13-11-23-21(5-3-7-25(23)27)22-6-4-8-26-24(22)12-14-28(26)40-30-16-10-20(18-36)32(34-30)38-2;;;;;;;/h3-8,13-16,27-28H,9-12H2,1-2H3;3-9,14-17,27-28H,10-13H2,1-2H3;3-10,15-18,27-28H,11-14H2,1-2H3;1H4;6*1H2/t3*27-,28-;;;;;;;/m000......./s1. The lowest BCUT2D eigenvalue weighted by Gasteiger charge is -2.18. The van der Waals surface area contributed by atoms with E-state index in [1.54, 1.807) is 36.4 Å². The van der Waals surface area contributed by atoms with E-state index in [0.29, 0.717) is 59.5 Å². The Kier molecular flexibility index (Phi) is 36.3. The summed E-state index contributed by atoms with van der Waals surface area (Å²) >= 11 is 19.2. The summed E-state index contributed by atoms with van der Waals surface area (Å²) in [5.41, 5.74) is 23.2. The number of carbonyl (C=O) groups is 6. The molecule has 0 unspecified atom stereocenters. The molecule has 6 aliphatic rings. The van der Waals surface area contributed by atoms with Gasteiger partial charge in [0, 0.05) is 18.2 Å². The lowest BCUT2D eigenvalue weighted by molar-refractivity contribution is 0.111. The summed E-state index contributed by atoms with van der Waals surface area (Å²) in [6.07, 6.45) is 12.8. The molecule has 6 aromatic heterocycles. The third-order valence-electron chi connectivity index (χ3n) is 23.0. The predicted octanol–water partition coefficient (Wildman–Crippen LogP) is 21.0. The zero-order valence-corrected chi connectivity index (χ0v) is 78.9. The second-order valence-electron chi connectivity index (χ2n) is 29.7. The van der Waals surface area contributed by atoms with Gasteiger partial charge in [0.25, 0.3) is 0 Å². The Bertz CT molecular complexity index is 5920. The first-order valence-electron chi connectivity index (χ1n) is 39.9. The van der Waals surface area contributed by atoms with Crippen LogP contribution in [-0.2, 0) is 38.5 Å². The Hall–Kier alpha value is -11.2. The first-order valence-corrected chi connectivity index (χ1v) is 41.1. The van der Waals surface area contributed by atoms with Crippen LogP contribution in [0.1, 0.15) is 211 Å². The number of ether oxygens (including phenoxy) is 12. The fourth-order valence-corrected chi connectivity index (χ4v) is 18.1. The second-order valence-corrected chi connectivity index (χ2v) is 30.9. The maximum Gasteiger partial charge on any atom is 0.236 e. The molecule has 6 atom stereocenters. The molecule has 0 saturated carbocycles. The van der Waals surface area contributed by atoms with Gasteiger partial charge in [-0.3, -0.25) is 28.8 Å². The third-order valence-corrected chi connectivity index (χ3v) is 23.9. The minimum atomic E-state index is -0.248. The van der Waals surface area contributed by atoms with Crippen LogP contribution in [0.2, 0.25) is 15.1 Å². The van der Waals surface area contributed by atoms with Crippen LogP contribution >= 0.6 is 116 Å². The van der Waals surface area contributed by atoms with E-state index in [4.69, 9.17) is 91.6 Å². The van der Waals surface area contributed by atoms with Crippen molar-refractivity contribution in [1.29, 1.82) is 0 Å². The van der Waals surface area contributed by atoms with Crippen molar-refractivity contribution in [3.8, 4) is 104 Å². The molecule has 0 spiro atoms. The van der Waals surface area contributed by atoms with Crippen molar-refractivity contribution in [3.05, 3.63) is 279 Å². The summed E-state index contributed by atoms with van der Waals surface area (Å²) in [6.45, 7) is 0. The Balaban J connectivity index is 0.000000214. The molecular weight excluding hydrogens is 1840 g/mol. The van der Waals surface area contributed by atoms with Crippen molar-refractivity contribution >= 4 is 153 Å². The quantitative estimate of drug-likeness (QED) is 0.0432. The van der Waals surface area contributed by atoms with Gasteiger partial charge in [0.05, 0.1) is 76.0 Å². The monoisotopic (exact) mass is 1930 g/mol. The summed E-state index contributed by atoms with van der Waals surface area (Å²) in [6, 6.07) is 52.4. The molecule has 0 amide bonds. The van der Waals surface area contributed by atoms with E-state index < -0.39 is 0 Å². The van der Waals surface area contributed by atoms with E-state index >= 15 is 0 Å². The summed E-state index contributed by atoms with van der Waals surface area (Å²) in [7, 11) is 8.80. The molecule has 18 rings (SSSR count). The van der Waals surface area contributed by atoms with Gasteiger partial charge in [-0.05, 0) is 214 Å². The van der Waals surface area contributed by atoms with Crippen molar-refractivity contribution in [2.75, 3.05) is 42.7 Å². The van der Waals surface area contributed by atoms with Crippen molar-refractivity contribution in [2.45, 2.75) is 121 Å². The number of methoxy groups -OCH3 is 6. The molecule has 0 N–H and O–H groups in total. The third kappa shape index (κ3) is 20.9. The van der Waals surface area contributed by atoms with Gasteiger partial charge in [0.15, 0.2) is 37.7 Å². The number of halogens is 3. The van der Waals surface area contributed by atoms with Crippen LogP contribution in [0.5, 0.6) is 70.6 Å². The van der Waals surface area contributed by atoms with E-state index in [-0.39, 0.29) is 210 Å². The molecule has 0 saturated heterocycles. The lowest BCUT2D eigenvalue weighted by atomic mass is 9.91. The largest absolute Gasteiger partial charge is 0.480 e. The second kappa shape index (κ2) is 46.1. The van der Waals surface area contributed by atoms with Crippen molar-refractivity contribution < 1.29 is 85.6 Å². The molecule has 0 radical (unpaired) electrons. The molecule has 680 valence electrons. The number of hydrogen-bond donors (Lipinski definition) is 0. The number of carbonyl (C=O) groups excluding carboxylic acids is 6. The van der Waals surface area contributed by atoms with Crippen LogP contribution in [-0.4, -0.2) is 110 Å². The van der Waals surface area contributed by atoms with Gasteiger partial charge in [-0.1, -0.05) is 151 Å². The predicted molar refractivity (Wildman–Crippen MR) is 527 cm³/mol. The van der Waals surface area contributed by atoms with Crippen molar-refractivity contribution in [3.63, 3.8) is 0 Å². The van der Waals surface area contributed by atoms with Crippen molar-refractivity contribution in [1.82, 2.24) is 29.9 Å². The highest BCUT2D eigenvalue weighted by atomic mass is 35.5. The highest BCUT2D eigenvalue weighted by Crippen LogP contribution is 2.51. The van der Waals surface area contributed by atoms with Crippen LogP contribution in [0.3, 0.4) is 0 Å². The molecule has 12 aromatic rings. The first-order chi connectivity index (χ1) is 60.1. The number of nitrogens with zero attached hydrogens (tertiary/aromatic N) is 6. The fraction of sp³-hybridized carbons (Fsp3) is 0.258. The maximum absolute atomic E-state index is 11.3. The number of aldehydes is 6. The Morgan fingerprint density at radius 3 is 0.615 bits per heavy atom. The highest BCUT2D eigenvalue weighted by Gasteiger charge is 2.37. The van der Waals surface area contributed by atoms with Crippen LogP contribution in [0.25, 0.3) is 33.4 Å². The Morgan fingerprint density at radius 1 is 0.246 bits per heavy atom. The number of benzene rings is 6. The smallest absolute Gasteiger partial charge is 0.236 e. The van der Waals surface area contributed by atoms with E-state index in [9.17, 15) is 28.8 Å². The average Bonchev–Trinajstić information content (AvgIpc) is 1.61. The molecule has 33 heteroatoms. The summed E-state index contributed by atoms with van der Waals surface area (Å²) in [5.74, 6) is 3.24. The molecule has 6 heterocycles. The Morgan fingerprint density at radius 2 is 0.431 bits per heavy atom. The lowest BCUT2D eigenvalue weighted by Crippen LogP contribution is -2.07. The topological polar surface area (TPSA) is 291 Å². The summed E-state index contributed by atoms with van der Waals surface area (Å²) < 4.78 is 69.1. The van der Waals surface area contributed by atoms with Gasteiger partial charge in [0.1, 0.15) is 51.7 Å². The average molecular weight is 1930 g/mol. The van der Waals surface area contributed by atoms with Gasteiger partial charge in [-0.25, -0.2) is 0 Å². The van der Waals surface area contributed by atoms with Crippen LogP contribution in [0, 0.1) is 0 Å². The number of fused-ring (bicyclic) bond motifs is 6. The molecule has 24 nitrogen and oxygen atoms in total. The number of aromatic nitrogens is 6. The first kappa shape index (κ1) is 103. The Labute approximate surface area is 809 Å². The van der Waals surface area contributed by atoms with Crippen LogP contribution < -0.4 is 56.8 Å². The molecule has 0 aliphatic heterocycles. The molecule has 0 bridgehead atoms. The summed E-state index contributed by atoms with van der Waals surface area (Å²) in [5, 5.41) is 0.766. The molecule has 6 aromatic carbocycles. The number of rotatable bonds is 27. The molecular formula is C97H97Cl3N6O18S6. The van der Waals surface area contributed by atoms with E-state index in [0.717, 1.165) is 134 Å². The fourth-order valence-electron chi connectivity index (χ4n) is 17.4.